The summed E-state index contributed by atoms with van der Waals surface area (Å²) in [6.07, 6.45) is 1.75. The maximum absolute atomic E-state index is 12.9. The minimum atomic E-state index is -0.271. The van der Waals surface area contributed by atoms with Crippen LogP contribution in [0.3, 0.4) is 0 Å². The standard InChI is InChI=1S/C17H16FN5/c1-12-21-16(20-11-15-4-2-3-9-19-15)10-17(22-12)23-14-7-5-13(18)6-8-14/h2-10H,11H2,1H3,(H2,20,21,22,23). The van der Waals surface area contributed by atoms with Crippen LogP contribution < -0.4 is 10.6 Å². The van der Waals surface area contributed by atoms with E-state index in [2.05, 4.69) is 25.6 Å². The van der Waals surface area contributed by atoms with Crippen molar-refractivity contribution in [2.24, 2.45) is 0 Å². The van der Waals surface area contributed by atoms with Crippen molar-refractivity contribution >= 4 is 17.3 Å². The molecule has 5 nitrogen and oxygen atoms in total. The van der Waals surface area contributed by atoms with Crippen LogP contribution in [0, 0.1) is 12.7 Å². The molecule has 0 aliphatic heterocycles. The number of hydrogen-bond acceptors (Lipinski definition) is 5. The van der Waals surface area contributed by atoms with Crippen molar-refractivity contribution in [2.45, 2.75) is 13.5 Å². The normalized spacial score (nSPS) is 10.3. The first-order valence-corrected chi connectivity index (χ1v) is 7.21. The summed E-state index contributed by atoms with van der Waals surface area (Å²) in [6.45, 7) is 2.40. The summed E-state index contributed by atoms with van der Waals surface area (Å²) in [5, 5.41) is 6.36. The molecule has 1 aromatic carbocycles. The molecule has 0 aliphatic carbocycles. The Morgan fingerprint density at radius 1 is 1.00 bits per heavy atom. The molecule has 116 valence electrons. The molecule has 2 N–H and O–H groups in total. The molecule has 3 rings (SSSR count). The monoisotopic (exact) mass is 309 g/mol. The molecule has 2 aromatic heterocycles. The molecule has 0 amide bonds. The van der Waals surface area contributed by atoms with E-state index in [1.165, 1.54) is 12.1 Å². The molecule has 6 heteroatoms. The lowest BCUT2D eigenvalue weighted by Crippen LogP contribution is -2.06. The van der Waals surface area contributed by atoms with Crippen molar-refractivity contribution < 1.29 is 4.39 Å². The molecule has 0 saturated carbocycles. The van der Waals surface area contributed by atoms with E-state index in [0.717, 1.165) is 11.4 Å². The Morgan fingerprint density at radius 3 is 2.52 bits per heavy atom. The molecule has 0 saturated heterocycles. The van der Waals surface area contributed by atoms with Gasteiger partial charge in [-0.05, 0) is 43.3 Å². The summed E-state index contributed by atoms with van der Waals surface area (Å²) in [5.74, 6) is 1.72. The molecular formula is C17H16FN5. The van der Waals surface area contributed by atoms with Crippen molar-refractivity contribution in [2.75, 3.05) is 10.6 Å². The van der Waals surface area contributed by atoms with Gasteiger partial charge in [-0.1, -0.05) is 6.07 Å². The van der Waals surface area contributed by atoms with Crippen molar-refractivity contribution in [1.82, 2.24) is 15.0 Å². The van der Waals surface area contributed by atoms with Crippen LogP contribution in [0.1, 0.15) is 11.5 Å². The van der Waals surface area contributed by atoms with Crippen molar-refractivity contribution in [3.8, 4) is 0 Å². The Labute approximate surface area is 133 Å². The number of pyridine rings is 1. The number of nitrogens with zero attached hydrogens (tertiary/aromatic N) is 3. The molecule has 0 atom stereocenters. The lowest BCUT2D eigenvalue weighted by molar-refractivity contribution is 0.628. The third-order valence-corrected chi connectivity index (χ3v) is 3.13. The Bertz CT molecular complexity index is 775. The van der Waals surface area contributed by atoms with Crippen LogP contribution in [0.15, 0.2) is 54.7 Å². The maximum atomic E-state index is 12.9. The van der Waals surface area contributed by atoms with Gasteiger partial charge in [0, 0.05) is 18.0 Å². The van der Waals surface area contributed by atoms with Crippen molar-refractivity contribution in [1.29, 1.82) is 0 Å². The minimum Gasteiger partial charge on any atom is -0.364 e. The molecule has 0 spiro atoms. The van der Waals surface area contributed by atoms with Gasteiger partial charge >= 0.3 is 0 Å². The van der Waals surface area contributed by atoms with E-state index in [1.54, 1.807) is 24.4 Å². The third kappa shape index (κ3) is 4.23. The van der Waals surface area contributed by atoms with E-state index >= 15 is 0 Å². The lowest BCUT2D eigenvalue weighted by Gasteiger charge is -2.10. The summed E-state index contributed by atoms with van der Waals surface area (Å²) >= 11 is 0. The van der Waals surface area contributed by atoms with Crippen LogP contribution in [0.25, 0.3) is 0 Å². The summed E-state index contributed by atoms with van der Waals surface area (Å²) in [7, 11) is 0. The van der Waals surface area contributed by atoms with E-state index in [-0.39, 0.29) is 5.82 Å². The minimum absolute atomic E-state index is 0.271. The second-order valence-corrected chi connectivity index (χ2v) is 4.99. The van der Waals surface area contributed by atoms with Gasteiger partial charge in [0.15, 0.2) is 0 Å². The number of halogens is 1. The highest BCUT2D eigenvalue weighted by atomic mass is 19.1. The first-order chi connectivity index (χ1) is 11.2. The lowest BCUT2D eigenvalue weighted by atomic mass is 10.3. The first kappa shape index (κ1) is 14.9. The summed E-state index contributed by atoms with van der Waals surface area (Å²) in [4.78, 5) is 12.9. The molecule has 23 heavy (non-hydrogen) atoms. The number of rotatable bonds is 5. The van der Waals surface area contributed by atoms with Gasteiger partial charge in [-0.25, -0.2) is 14.4 Å². The molecule has 0 unspecified atom stereocenters. The van der Waals surface area contributed by atoms with Crippen LogP contribution in [0.4, 0.5) is 21.7 Å². The predicted molar refractivity (Wildman–Crippen MR) is 88.0 cm³/mol. The number of anilines is 3. The first-order valence-electron chi connectivity index (χ1n) is 7.21. The van der Waals surface area contributed by atoms with Crippen molar-refractivity contribution in [3.63, 3.8) is 0 Å². The number of aryl methyl sites for hydroxylation is 1. The van der Waals surface area contributed by atoms with E-state index in [0.29, 0.717) is 24.0 Å². The second-order valence-electron chi connectivity index (χ2n) is 4.99. The Balaban J connectivity index is 1.72. The molecule has 0 fully saturated rings. The van der Waals surface area contributed by atoms with E-state index < -0.39 is 0 Å². The van der Waals surface area contributed by atoms with Crippen LogP contribution >= 0.6 is 0 Å². The number of nitrogens with one attached hydrogen (secondary N) is 2. The highest BCUT2D eigenvalue weighted by Gasteiger charge is 2.03. The fourth-order valence-corrected chi connectivity index (χ4v) is 2.09. The Morgan fingerprint density at radius 2 is 1.78 bits per heavy atom. The number of aromatic nitrogens is 3. The number of hydrogen-bond donors (Lipinski definition) is 2. The van der Waals surface area contributed by atoms with Gasteiger partial charge in [0.1, 0.15) is 23.3 Å². The third-order valence-electron chi connectivity index (χ3n) is 3.13. The predicted octanol–water partition coefficient (Wildman–Crippen LogP) is 3.67. The van der Waals surface area contributed by atoms with Gasteiger partial charge < -0.3 is 10.6 Å². The fraction of sp³-hybridized carbons (Fsp3) is 0.118. The van der Waals surface area contributed by atoms with Crippen LogP contribution in [0.2, 0.25) is 0 Å². The van der Waals surface area contributed by atoms with Gasteiger partial charge in [0.05, 0.1) is 12.2 Å². The quantitative estimate of drug-likeness (QED) is 0.753. The molecule has 0 radical (unpaired) electrons. The molecular weight excluding hydrogens is 293 g/mol. The van der Waals surface area contributed by atoms with Crippen molar-refractivity contribution in [3.05, 3.63) is 72.1 Å². The van der Waals surface area contributed by atoms with Crippen LogP contribution in [-0.2, 0) is 6.54 Å². The SMILES string of the molecule is Cc1nc(NCc2ccccn2)cc(Nc2ccc(F)cc2)n1. The smallest absolute Gasteiger partial charge is 0.136 e. The number of benzene rings is 1. The Kier molecular flexibility index (Phi) is 4.42. The maximum Gasteiger partial charge on any atom is 0.136 e. The fourth-order valence-electron chi connectivity index (χ4n) is 2.09. The second kappa shape index (κ2) is 6.83. The van der Waals surface area contributed by atoms with Gasteiger partial charge in [0.25, 0.3) is 0 Å². The van der Waals surface area contributed by atoms with E-state index in [4.69, 9.17) is 0 Å². The van der Waals surface area contributed by atoms with Crippen LogP contribution in [-0.4, -0.2) is 15.0 Å². The van der Waals surface area contributed by atoms with Gasteiger partial charge in [-0.15, -0.1) is 0 Å². The topological polar surface area (TPSA) is 62.7 Å². The zero-order valence-corrected chi connectivity index (χ0v) is 12.6. The molecule has 0 aliphatic rings. The average Bonchev–Trinajstić information content (AvgIpc) is 2.56. The van der Waals surface area contributed by atoms with Gasteiger partial charge in [-0.3, -0.25) is 4.98 Å². The molecule has 0 bridgehead atoms. The van der Waals surface area contributed by atoms with E-state index in [9.17, 15) is 4.39 Å². The zero-order chi connectivity index (χ0) is 16.1. The summed E-state index contributed by atoms with van der Waals surface area (Å²) in [6, 6.07) is 13.7. The Hall–Kier alpha value is -3.02. The summed E-state index contributed by atoms with van der Waals surface area (Å²) < 4.78 is 12.9. The van der Waals surface area contributed by atoms with Crippen LogP contribution in [0.5, 0.6) is 0 Å². The highest BCUT2D eigenvalue weighted by molar-refractivity contribution is 5.59. The summed E-state index contributed by atoms with van der Waals surface area (Å²) in [5.41, 5.74) is 1.69. The highest BCUT2D eigenvalue weighted by Crippen LogP contribution is 2.18. The largest absolute Gasteiger partial charge is 0.364 e. The van der Waals surface area contributed by atoms with E-state index in [1.807, 2.05) is 25.1 Å². The average molecular weight is 309 g/mol. The molecule has 2 heterocycles. The van der Waals surface area contributed by atoms with Gasteiger partial charge in [-0.2, -0.15) is 0 Å². The zero-order valence-electron chi connectivity index (χ0n) is 12.6. The molecule has 3 aromatic rings. The van der Waals surface area contributed by atoms with Gasteiger partial charge in [0.2, 0.25) is 0 Å².